The number of carboxylic acid groups (broad SMARTS) is 1. The van der Waals surface area contributed by atoms with Crippen LogP contribution in [0.25, 0.3) is 0 Å². The molecule has 0 saturated heterocycles. The predicted molar refractivity (Wildman–Crippen MR) is 360 cm³/mol. The zero-order valence-corrected chi connectivity index (χ0v) is 56.3. The van der Waals surface area contributed by atoms with Crippen LogP contribution in [0.4, 0.5) is 0 Å². The smallest absolute Gasteiger partial charge is 0.361 e. The molecule has 0 aromatic carbocycles. The lowest BCUT2D eigenvalue weighted by Crippen LogP contribution is -2.40. The third kappa shape index (κ3) is 66.8. The summed E-state index contributed by atoms with van der Waals surface area (Å²) in [6.07, 6.45) is 82.4. The predicted octanol–water partition coefficient (Wildman–Crippen LogP) is 22.5. The third-order valence-corrected chi connectivity index (χ3v) is 16.3. The second kappa shape index (κ2) is 66.2. The summed E-state index contributed by atoms with van der Waals surface area (Å²) < 4.78 is 23.0. The van der Waals surface area contributed by atoms with Crippen LogP contribution in [0, 0.1) is 0 Å². The standard InChI is InChI=1S/C75H139NO8/c1-6-8-10-12-14-16-18-20-22-24-26-28-30-32-33-34-35-36-37-38-39-40-41-42-44-46-48-50-52-54-56-58-60-62-64-66-73(78)84-71(70-83-75(74(79)80)81-68-67-76(3,4)5)69-82-72(77)65-63-61-59-57-55-53-51-49-47-45-43-31-29-27-25-23-21-19-17-15-13-11-9-7-2/h8,10,14,16,20,22,26,28,71,75H,6-7,9,11-13,15,17-19,21,23-25,27,29-70H2,1-5H3/p+1/b10-8-,16-14-,22-20-,28-26-. The van der Waals surface area contributed by atoms with E-state index in [1.165, 1.54) is 263 Å². The highest BCUT2D eigenvalue weighted by Gasteiger charge is 2.25. The molecule has 0 amide bonds. The lowest BCUT2D eigenvalue weighted by Gasteiger charge is -2.25. The average Bonchev–Trinajstić information content (AvgIpc) is 3.55. The van der Waals surface area contributed by atoms with E-state index in [-0.39, 0.29) is 38.2 Å². The lowest BCUT2D eigenvalue weighted by atomic mass is 10.0. The maximum atomic E-state index is 13.0. The Labute approximate surface area is 521 Å². The summed E-state index contributed by atoms with van der Waals surface area (Å²) in [4.78, 5) is 37.6. The molecule has 84 heavy (non-hydrogen) atoms. The fourth-order valence-electron chi connectivity index (χ4n) is 10.8. The first-order valence-electron chi connectivity index (χ1n) is 36.3. The van der Waals surface area contributed by atoms with E-state index in [0.717, 1.165) is 64.2 Å². The number of esters is 2. The highest BCUT2D eigenvalue weighted by molar-refractivity contribution is 5.71. The van der Waals surface area contributed by atoms with Gasteiger partial charge in [0, 0.05) is 12.8 Å². The summed E-state index contributed by atoms with van der Waals surface area (Å²) >= 11 is 0. The van der Waals surface area contributed by atoms with Crippen LogP contribution in [0.2, 0.25) is 0 Å². The number of likely N-dealkylation sites (N-methyl/N-ethyl adjacent to an activating group) is 1. The van der Waals surface area contributed by atoms with Crippen molar-refractivity contribution in [3.05, 3.63) is 48.6 Å². The number of rotatable bonds is 68. The van der Waals surface area contributed by atoms with Crippen LogP contribution in [0.5, 0.6) is 0 Å². The van der Waals surface area contributed by atoms with E-state index in [2.05, 4.69) is 62.5 Å². The Balaban J connectivity index is 4.02. The molecule has 492 valence electrons. The summed E-state index contributed by atoms with van der Waals surface area (Å²) in [5.74, 6) is -1.97. The molecule has 0 aliphatic heterocycles. The quantitative estimate of drug-likeness (QED) is 0.0211. The van der Waals surface area contributed by atoms with Crippen molar-refractivity contribution in [2.24, 2.45) is 0 Å². The molecule has 0 radical (unpaired) electrons. The SMILES string of the molecule is CC/C=C\C/C=C\C/C=C\C/C=C\CCCCCCCCCCCCCCCCCCCCCCCCC(=O)OC(COC(=O)CCCCCCCCCCCCCCCCCCCCCCCCCC)COC(OCC[N+](C)(C)C)C(=O)O. The van der Waals surface area contributed by atoms with Crippen molar-refractivity contribution >= 4 is 17.9 Å². The highest BCUT2D eigenvalue weighted by atomic mass is 16.7. The number of carbonyl (C=O) groups is 3. The molecule has 0 spiro atoms. The minimum absolute atomic E-state index is 0.175. The second-order valence-corrected chi connectivity index (χ2v) is 25.9. The van der Waals surface area contributed by atoms with Gasteiger partial charge in [-0.15, -0.1) is 0 Å². The minimum Gasteiger partial charge on any atom is -0.477 e. The molecule has 0 aliphatic rings. The van der Waals surface area contributed by atoms with Crippen LogP contribution in [-0.2, 0) is 33.3 Å². The topological polar surface area (TPSA) is 108 Å². The van der Waals surface area contributed by atoms with E-state index in [1.807, 2.05) is 21.1 Å². The van der Waals surface area contributed by atoms with Gasteiger partial charge >= 0.3 is 17.9 Å². The minimum atomic E-state index is -1.51. The Morgan fingerprint density at radius 2 is 0.679 bits per heavy atom. The number of quaternary nitrogens is 1. The number of carbonyl (C=O) groups excluding carboxylic acids is 2. The Kier molecular flexibility index (Phi) is 64.0. The number of aliphatic carboxylic acids is 1. The van der Waals surface area contributed by atoms with Gasteiger partial charge in [0.1, 0.15) is 13.2 Å². The summed E-state index contributed by atoms with van der Waals surface area (Å²) in [5.41, 5.74) is 0. The van der Waals surface area contributed by atoms with E-state index in [4.69, 9.17) is 18.9 Å². The lowest BCUT2D eigenvalue weighted by molar-refractivity contribution is -0.870. The van der Waals surface area contributed by atoms with Crippen LogP contribution in [-0.4, -0.2) is 87.4 Å². The largest absolute Gasteiger partial charge is 0.477 e. The number of ether oxygens (including phenoxy) is 4. The molecule has 0 aliphatic carbocycles. The first-order valence-corrected chi connectivity index (χ1v) is 36.3. The molecule has 0 fully saturated rings. The monoisotopic (exact) mass is 1180 g/mol. The maximum absolute atomic E-state index is 13.0. The van der Waals surface area contributed by atoms with Gasteiger partial charge in [-0.2, -0.15) is 0 Å². The van der Waals surface area contributed by atoms with Gasteiger partial charge in [0.2, 0.25) is 0 Å². The zero-order valence-electron chi connectivity index (χ0n) is 56.3. The van der Waals surface area contributed by atoms with Gasteiger partial charge < -0.3 is 28.5 Å². The average molecular weight is 1180 g/mol. The summed E-state index contributed by atoms with van der Waals surface area (Å²) in [6.45, 7) is 4.84. The van der Waals surface area contributed by atoms with Gasteiger partial charge in [0.25, 0.3) is 6.29 Å². The van der Waals surface area contributed by atoms with Crippen LogP contribution in [0.15, 0.2) is 48.6 Å². The molecule has 0 aromatic rings. The highest BCUT2D eigenvalue weighted by Crippen LogP contribution is 2.19. The van der Waals surface area contributed by atoms with Crippen LogP contribution >= 0.6 is 0 Å². The molecule has 0 bridgehead atoms. The Bertz CT molecular complexity index is 1520. The maximum Gasteiger partial charge on any atom is 0.361 e. The Hall–Kier alpha value is -2.75. The number of hydrogen-bond donors (Lipinski definition) is 1. The van der Waals surface area contributed by atoms with Crippen molar-refractivity contribution < 1.29 is 42.9 Å². The molecule has 2 unspecified atom stereocenters. The molecule has 9 heteroatoms. The molecule has 0 heterocycles. The van der Waals surface area contributed by atoms with E-state index in [9.17, 15) is 19.5 Å². The first-order chi connectivity index (χ1) is 41.1. The summed E-state index contributed by atoms with van der Waals surface area (Å²) in [6, 6.07) is 0. The fourth-order valence-corrected chi connectivity index (χ4v) is 10.8. The number of allylic oxidation sites excluding steroid dienone is 8. The van der Waals surface area contributed by atoms with Gasteiger partial charge in [-0.05, 0) is 51.4 Å². The van der Waals surface area contributed by atoms with Gasteiger partial charge in [-0.3, -0.25) is 9.59 Å². The van der Waals surface area contributed by atoms with Gasteiger partial charge in [0.15, 0.2) is 6.10 Å². The van der Waals surface area contributed by atoms with Crippen molar-refractivity contribution in [2.45, 2.75) is 367 Å². The summed E-state index contributed by atoms with van der Waals surface area (Å²) in [7, 11) is 5.99. The van der Waals surface area contributed by atoms with E-state index in [0.29, 0.717) is 17.4 Å². The van der Waals surface area contributed by atoms with Crippen molar-refractivity contribution in [1.29, 1.82) is 0 Å². The van der Waals surface area contributed by atoms with Crippen LogP contribution in [0.1, 0.15) is 354 Å². The van der Waals surface area contributed by atoms with Gasteiger partial charge in [-0.1, -0.05) is 339 Å². The van der Waals surface area contributed by atoms with Gasteiger partial charge in [0.05, 0.1) is 34.4 Å². The van der Waals surface area contributed by atoms with Crippen molar-refractivity contribution in [1.82, 2.24) is 0 Å². The zero-order chi connectivity index (χ0) is 61.2. The van der Waals surface area contributed by atoms with Crippen LogP contribution < -0.4 is 0 Å². The van der Waals surface area contributed by atoms with Crippen molar-refractivity contribution in [3.8, 4) is 0 Å². The normalized spacial score (nSPS) is 12.9. The second-order valence-electron chi connectivity index (χ2n) is 25.9. The van der Waals surface area contributed by atoms with Crippen molar-refractivity contribution in [2.75, 3.05) is 47.5 Å². The fraction of sp³-hybridized carbons (Fsp3) is 0.853. The first kappa shape index (κ1) is 81.2. The molecule has 0 rings (SSSR count). The third-order valence-electron chi connectivity index (χ3n) is 16.3. The van der Waals surface area contributed by atoms with E-state index in [1.54, 1.807) is 0 Å². The Morgan fingerprint density at radius 3 is 1.01 bits per heavy atom. The number of unbranched alkanes of at least 4 members (excludes halogenated alkanes) is 45. The Morgan fingerprint density at radius 1 is 0.369 bits per heavy atom. The number of carboxylic acids is 1. The molecular formula is C75H140NO8+. The molecule has 9 nitrogen and oxygen atoms in total. The van der Waals surface area contributed by atoms with Crippen LogP contribution in [0.3, 0.4) is 0 Å². The number of hydrogen-bond acceptors (Lipinski definition) is 7. The summed E-state index contributed by atoms with van der Waals surface area (Å²) in [5, 5.41) is 9.75. The molecule has 2 atom stereocenters. The van der Waals surface area contributed by atoms with Gasteiger partial charge in [-0.25, -0.2) is 4.79 Å². The molecule has 0 saturated carbocycles. The molecular weight excluding hydrogens is 1040 g/mol. The van der Waals surface area contributed by atoms with E-state index < -0.39 is 18.4 Å². The number of nitrogens with zero attached hydrogens (tertiary/aromatic N) is 1. The van der Waals surface area contributed by atoms with E-state index >= 15 is 0 Å². The molecule has 1 N–H and O–H groups in total. The molecule has 0 aromatic heterocycles. The van der Waals surface area contributed by atoms with Crippen molar-refractivity contribution in [3.63, 3.8) is 0 Å².